The van der Waals surface area contributed by atoms with Crippen LogP contribution in [-0.4, -0.2) is 23.3 Å². The zero-order valence-corrected chi connectivity index (χ0v) is 12.1. The number of rotatable bonds is 6. The van der Waals surface area contributed by atoms with Crippen molar-refractivity contribution >= 4 is 5.69 Å². The summed E-state index contributed by atoms with van der Waals surface area (Å²) in [5.41, 5.74) is 0.245. The van der Waals surface area contributed by atoms with Crippen molar-refractivity contribution in [3.63, 3.8) is 0 Å². The van der Waals surface area contributed by atoms with Crippen molar-refractivity contribution in [1.29, 1.82) is 0 Å². The summed E-state index contributed by atoms with van der Waals surface area (Å²) < 4.78 is 0. The Bertz CT molecular complexity index is 453. The lowest BCUT2D eigenvalue weighted by Gasteiger charge is -2.39. The maximum Gasteiger partial charge on any atom is 0.0853 e. The van der Waals surface area contributed by atoms with Crippen LogP contribution in [0.15, 0.2) is 43.0 Å². The van der Waals surface area contributed by atoms with Gasteiger partial charge in [-0.25, -0.2) is 0 Å². The highest BCUT2D eigenvalue weighted by molar-refractivity contribution is 5.49. The minimum atomic E-state index is -0.826. The van der Waals surface area contributed by atoms with E-state index in [1.165, 1.54) is 0 Å². The van der Waals surface area contributed by atoms with Crippen LogP contribution in [0.25, 0.3) is 0 Å². The van der Waals surface area contributed by atoms with Gasteiger partial charge in [0, 0.05) is 5.69 Å². The zero-order valence-electron chi connectivity index (χ0n) is 12.1. The van der Waals surface area contributed by atoms with Crippen molar-refractivity contribution in [2.45, 2.75) is 38.8 Å². The summed E-state index contributed by atoms with van der Waals surface area (Å²) in [5, 5.41) is 10.6. The van der Waals surface area contributed by atoms with Gasteiger partial charge >= 0.3 is 0 Å². The third-order valence-corrected chi connectivity index (χ3v) is 3.44. The molecule has 102 valence electrons. The molecule has 1 rings (SSSR count). The van der Waals surface area contributed by atoms with Gasteiger partial charge in [0.1, 0.15) is 0 Å². The van der Waals surface area contributed by atoms with E-state index in [-0.39, 0.29) is 6.04 Å². The minimum Gasteiger partial charge on any atom is -0.388 e. The first-order valence-corrected chi connectivity index (χ1v) is 6.57. The van der Waals surface area contributed by atoms with Crippen LogP contribution in [-0.2, 0) is 0 Å². The van der Waals surface area contributed by atoms with Crippen LogP contribution in [0.1, 0.15) is 27.2 Å². The van der Waals surface area contributed by atoms with Gasteiger partial charge in [0.15, 0.2) is 0 Å². The molecule has 0 saturated heterocycles. The quantitative estimate of drug-likeness (QED) is 0.625. The molecule has 1 aromatic rings. The summed E-state index contributed by atoms with van der Waals surface area (Å²) in [6.07, 6.45) is 2.31. The lowest BCUT2D eigenvalue weighted by atomic mass is 9.92. The largest absolute Gasteiger partial charge is 0.388 e. The summed E-state index contributed by atoms with van der Waals surface area (Å²) in [4.78, 5) is 2.12. The standard InChI is InChI=1S/C17H23NO/c1-5-7-14-18(16-11-9-8-10-12-16)15(3)17(4,19)13-6-2/h6,8-12,15,19H,2,13-14H2,1,3-4H3/t15-,17+/m1/s1. The van der Waals surface area contributed by atoms with Crippen LogP contribution < -0.4 is 4.90 Å². The number of nitrogens with zero attached hydrogens (tertiary/aromatic N) is 1. The maximum absolute atomic E-state index is 10.6. The Morgan fingerprint density at radius 3 is 2.58 bits per heavy atom. The van der Waals surface area contributed by atoms with Gasteiger partial charge in [0.05, 0.1) is 18.2 Å². The molecule has 1 N–H and O–H groups in total. The van der Waals surface area contributed by atoms with Crippen LogP contribution in [0.5, 0.6) is 0 Å². The van der Waals surface area contributed by atoms with Gasteiger partial charge < -0.3 is 10.0 Å². The van der Waals surface area contributed by atoms with Gasteiger partial charge in [-0.05, 0) is 39.3 Å². The number of hydrogen-bond acceptors (Lipinski definition) is 2. The number of para-hydroxylation sites is 1. The molecule has 19 heavy (non-hydrogen) atoms. The second-order valence-electron chi connectivity index (χ2n) is 4.92. The molecule has 0 saturated carbocycles. The fourth-order valence-corrected chi connectivity index (χ4v) is 2.03. The van der Waals surface area contributed by atoms with Crippen LogP contribution in [0.3, 0.4) is 0 Å². The van der Waals surface area contributed by atoms with Crippen molar-refractivity contribution in [2.75, 3.05) is 11.4 Å². The average Bonchev–Trinajstić information content (AvgIpc) is 2.40. The second-order valence-corrected chi connectivity index (χ2v) is 4.92. The van der Waals surface area contributed by atoms with Gasteiger partial charge in [-0.1, -0.05) is 30.2 Å². The number of anilines is 1. The second kappa shape index (κ2) is 7.01. The maximum atomic E-state index is 10.6. The summed E-state index contributed by atoms with van der Waals surface area (Å²) in [6.45, 7) is 10.0. The molecular formula is C17H23NO. The first-order valence-electron chi connectivity index (χ1n) is 6.57. The molecule has 1 aromatic carbocycles. The van der Waals surface area contributed by atoms with Crippen LogP contribution in [0.2, 0.25) is 0 Å². The van der Waals surface area contributed by atoms with Crippen molar-refractivity contribution < 1.29 is 5.11 Å². The molecule has 0 bridgehead atoms. The van der Waals surface area contributed by atoms with Crippen LogP contribution >= 0.6 is 0 Å². The predicted molar refractivity (Wildman–Crippen MR) is 82.1 cm³/mol. The minimum absolute atomic E-state index is 0.0475. The molecule has 0 amide bonds. The lowest BCUT2D eigenvalue weighted by molar-refractivity contribution is 0.0393. The fraction of sp³-hybridized carbons (Fsp3) is 0.412. The smallest absolute Gasteiger partial charge is 0.0853 e. The average molecular weight is 257 g/mol. The Morgan fingerprint density at radius 2 is 2.05 bits per heavy atom. The van der Waals surface area contributed by atoms with E-state index in [9.17, 15) is 5.11 Å². The molecule has 0 aliphatic heterocycles. The van der Waals surface area contributed by atoms with Gasteiger partial charge in [-0.15, -0.1) is 12.5 Å². The molecule has 2 nitrogen and oxygen atoms in total. The first-order chi connectivity index (χ1) is 9.03. The molecule has 0 aromatic heterocycles. The van der Waals surface area contributed by atoms with Crippen molar-refractivity contribution in [3.05, 3.63) is 43.0 Å². The van der Waals surface area contributed by atoms with E-state index in [2.05, 4.69) is 23.3 Å². The first kappa shape index (κ1) is 15.3. The molecule has 0 aliphatic rings. The highest BCUT2D eigenvalue weighted by Crippen LogP contribution is 2.25. The van der Waals surface area contributed by atoms with E-state index < -0.39 is 5.60 Å². The Morgan fingerprint density at radius 1 is 1.42 bits per heavy atom. The van der Waals surface area contributed by atoms with Crippen LogP contribution in [0.4, 0.5) is 5.69 Å². The Labute approximate surface area is 116 Å². The molecule has 0 fully saturated rings. The Balaban J connectivity index is 3.02. The predicted octanol–water partition coefficient (Wildman–Crippen LogP) is 3.23. The van der Waals surface area contributed by atoms with Gasteiger partial charge in [-0.2, -0.15) is 0 Å². The van der Waals surface area contributed by atoms with Gasteiger partial charge in [-0.3, -0.25) is 0 Å². The molecule has 2 atom stereocenters. The Kier molecular flexibility index (Phi) is 5.66. The van der Waals surface area contributed by atoms with E-state index in [0.717, 1.165) is 5.69 Å². The van der Waals surface area contributed by atoms with E-state index in [1.807, 2.05) is 51.1 Å². The lowest BCUT2D eigenvalue weighted by Crippen LogP contribution is -2.49. The summed E-state index contributed by atoms with van der Waals surface area (Å²) >= 11 is 0. The van der Waals surface area contributed by atoms with Crippen LogP contribution in [0, 0.1) is 11.8 Å². The van der Waals surface area contributed by atoms with E-state index in [0.29, 0.717) is 13.0 Å². The summed E-state index contributed by atoms with van der Waals surface area (Å²) in [6, 6.07) is 10.0. The molecule has 0 aliphatic carbocycles. The van der Waals surface area contributed by atoms with Crippen molar-refractivity contribution in [3.8, 4) is 11.8 Å². The number of benzene rings is 1. The molecule has 0 spiro atoms. The molecule has 2 heteroatoms. The number of hydrogen-bond donors (Lipinski definition) is 1. The molecule has 0 heterocycles. The van der Waals surface area contributed by atoms with E-state index in [4.69, 9.17) is 0 Å². The molecular weight excluding hydrogens is 234 g/mol. The van der Waals surface area contributed by atoms with Gasteiger partial charge in [0.25, 0.3) is 0 Å². The summed E-state index contributed by atoms with van der Waals surface area (Å²) in [7, 11) is 0. The zero-order chi connectivity index (χ0) is 14.3. The van der Waals surface area contributed by atoms with Crippen molar-refractivity contribution in [2.24, 2.45) is 0 Å². The Hall–Kier alpha value is -1.72. The monoisotopic (exact) mass is 257 g/mol. The topological polar surface area (TPSA) is 23.5 Å². The third kappa shape index (κ3) is 4.15. The SMILES string of the molecule is C=CC[C@](C)(O)[C@@H](C)N(CC#CC)c1ccccc1. The fourth-order valence-electron chi connectivity index (χ4n) is 2.03. The van der Waals surface area contributed by atoms with Gasteiger partial charge in [0.2, 0.25) is 0 Å². The highest BCUT2D eigenvalue weighted by Gasteiger charge is 2.31. The normalized spacial score (nSPS) is 14.7. The van der Waals surface area contributed by atoms with E-state index >= 15 is 0 Å². The molecule has 0 unspecified atom stereocenters. The van der Waals surface area contributed by atoms with Crippen molar-refractivity contribution in [1.82, 2.24) is 0 Å². The number of aliphatic hydroxyl groups is 1. The molecule has 0 radical (unpaired) electrons. The van der Waals surface area contributed by atoms with E-state index in [1.54, 1.807) is 6.08 Å². The summed E-state index contributed by atoms with van der Waals surface area (Å²) in [5.74, 6) is 5.99. The third-order valence-electron chi connectivity index (χ3n) is 3.44. The highest BCUT2D eigenvalue weighted by atomic mass is 16.3.